The molecule has 0 saturated carbocycles. The maximum Gasteiger partial charge on any atom is 0.241 e. The summed E-state index contributed by atoms with van der Waals surface area (Å²) in [6, 6.07) is 3.96. The first kappa shape index (κ1) is 16.6. The van der Waals surface area contributed by atoms with E-state index in [4.69, 9.17) is 21.1 Å². The van der Waals surface area contributed by atoms with E-state index in [-0.39, 0.29) is 12.5 Å². The number of benzene rings is 1. The van der Waals surface area contributed by atoms with E-state index < -0.39 is 5.79 Å². The van der Waals surface area contributed by atoms with E-state index in [1.54, 1.807) is 0 Å². The van der Waals surface area contributed by atoms with Crippen molar-refractivity contribution in [2.75, 3.05) is 38.2 Å². The number of ether oxygens (including phenoxy) is 2. The predicted molar refractivity (Wildman–Crippen MR) is 89.9 cm³/mol. The number of piperidine rings is 1. The van der Waals surface area contributed by atoms with Gasteiger partial charge in [0.1, 0.15) is 0 Å². The zero-order chi connectivity index (χ0) is 16.4. The highest BCUT2D eigenvalue weighted by atomic mass is 35.5. The molecule has 0 bridgehead atoms. The van der Waals surface area contributed by atoms with Crippen molar-refractivity contribution in [3.8, 4) is 0 Å². The minimum Gasteiger partial charge on any atom is -0.375 e. The zero-order valence-corrected chi connectivity index (χ0v) is 14.4. The second-order valence-electron chi connectivity index (χ2n) is 6.28. The lowest BCUT2D eigenvalue weighted by atomic mass is 10.0. The summed E-state index contributed by atoms with van der Waals surface area (Å²) in [6.07, 6.45) is 1.48. The quantitative estimate of drug-likeness (QED) is 0.920. The van der Waals surface area contributed by atoms with Crippen molar-refractivity contribution in [2.24, 2.45) is 0 Å². The third-order valence-corrected chi connectivity index (χ3v) is 4.84. The molecule has 0 atom stereocenters. The number of likely N-dealkylation sites (tertiary alicyclic amines) is 1. The Morgan fingerprint density at radius 2 is 1.91 bits per heavy atom. The van der Waals surface area contributed by atoms with Gasteiger partial charge < -0.3 is 19.7 Å². The molecular formula is C17H23ClN2O3. The van der Waals surface area contributed by atoms with Gasteiger partial charge in [-0.2, -0.15) is 0 Å². The number of nitrogens with one attached hydrogen (secondary N) is 1. The standard InChI is InChI=1S/C17H23ClN2O3/c1-12-9-13(2)16(14(18)10-12)19-11-15(21)20-5-3-17(4-6-20)22-7-8-23-17/h9-10,19H,3-8,11H2,1-2H3. The maximum atomic E-state index is 12.4. The van der Waals surface area contributed by atoms with E-state index in [1.165, 1.54) is 0 Å². The monoisotopic (exact) mass is 338 g/mol. The Hall–Kier alpha value is -1.30. The molecule has 0 radical (unpaired) electrons. The minimum absolute atomic E-state index is 0.0777. The molecule has 2 aliphatic heterocycles. The SMILES string of the molecule is Cc1cc(C)c(NCC(=O)N2CCC3(CC2)OCCO3)c(Cl)c1. The lowest BCUT2D eigenvalue weighted by Crippen LogP contribution is -2.48. The second-order valence-corrected chi connectivity index (χ2v) is 6.69. The van der Waals surface area contributed by atoms with Crippen LogP contribution in [0.5, 0.6) is 0 Å². The Labute approximate surface area is 141 Å². The Bertz CT molecular complexity index is 566. The molecule has 1 aromatic rings. The third kappa shape index (κ3) is 3.62. The zero-order valence-electron chi connectivity index (χ0n) is 13.7. The van der Waals surface area contributed by atoms with E-state index in [1.807, 2.05) is 24.8 Å². The Morgan fingerprint density at radius 3 is 2.52 bits per heavy atom. The smallest absolute Gasteiger partial charge is 0.241 e. The van der Waals surface area contributed by atoms with Crippen molar-refractivity contribution in [3.05, 3.63) is 28.3 Å². The Balaban J connectivity index is 1.54. The van der Waals surface area contributed by atoms with E-state index in [0.717, 1.165) is 29.7 Å². The first-order valence-corrected chi connectivity index (χ1v) is 8.43. The molecule has 23 heavy (non-hydrogen) atoms. The fraction of sp³-hybridized carbons (Fsp3) is 0.588. The lowest BCUT2D eigenvalue weighted by molar-refractivity contribution is -0.187. The molecule has 1 spiro atoms. The molecule has 1 N–H and O–H groups in total. The van der Waals surface area contributed by atoms with Crippen molar-refractivity contribution >= 4 is 23.2 Å². The van der Waals surface area contributed by atoms with Crippen molar-refractivity contribution < 1.29 is 14.3 Å². The van der Waals surface area contributed by atoms with Crippen LogP contribution in [0.1, 0.15) is 24.0 Å². The molecule has 5 nitrogen and oxygen atoms in total. The lowest BCUT2D eigenvalue weighted by Gasteiger charge is -2.37. The Morgan fingerprint density at radius 1 is 1.26 bits per heavy atom. The normalized spacial score (nSPS) is 20.0. The van der Waals surface area contributed by atoms with Gasteiger partial charge in [-0.3, -0.25) is 4.79 Å². The molecule has 3 rings (SSSR count). The van der Waals surface area contributed by atoms with Crippen LogP contribution in [0.3, 0.4) is 0 Å². The summed E-state index contributed by atoms with van der Waals surface area (Å²) in [5, 5.41) is 3.83. The van der Waals surface area contributed by atoms with Gasteiger partial charge in [-0.15, -0.1) is 0 Å². The van der Waals surface area contributed by atoms with Gasteiger partial charge in [0.25, 0.3) is 0 Å². The minimum atomic E-state index is -0.443. The number of rotatable bonds is 3. The van der Waals surface area contributed by atoms with Crippen molar-refractivity contribution in [2.45, 2.75) is 32.5 Å². The van der Waals surface area contributed by atoms with E-state index in [9.17, 15) is 4.79 Å². The average molecular weight is 339 g/mol. The van der Waals surface area contributed by atoms with Gasteiger partial charge in [0.15, 0.2) is 5.79 Å². The summed E-state index contributed by atoms with van der Waals surface area (Å²) in [5.41, 5.74) is 3.00. The van der Waals surface area contributed by atoms with Crippen LogP contribution in [0.2, 0.25) is 5.02 Å². The maximum absolute atomic E-state index is 12.4. The van der Waals surface area contributed by atoms with Crippen LogP contribution >= 0.6 is 11.6 Å². The van der Waals surface area contributed by atoms with Crippen molar-refractivity contribution in [1.82, 2.24) is 4.90 Å². The van der Waals surface area contributed by atoms with Crippen LogP contribution in [-0.2, 0) is 14.3 Å². The number of anilines is 1. The molecule has 0 aromatic heterocycles. The molecule has 2 fully saturated rings. The molecule has 6 heteroatoms. The average Bonchev–Trinajstić information content (AvgIpc) is 2.95. The molecule has 0 unspecified atom stereocenters. The van der Waals surface area contributed by atoms with E-state index in [2.05, 4.69) is 11.4 Å². The first-order chi connectivity index (χ1) is 11.0. The summed E-state index contributed by atoms with van der Waals surface area (Å²) in [7, 11) is 0. The van der Waals surface area contributed by atoms with Crippen molar-refractivity contribution in [1.29, 1.82) is 0 Å². The molecule has 2 saturated heterocycles. The molecule has 2 aliphatic rings. The topological polar surface area (TPSA) is 50.8 Å². The summed E-state index contributed by atoms with van der Waals surface area (Å²) in [4.78, 5) is 14.3. The first-order valence-electron chi connectivity index (χ1n) is 8.05. The van der Waals surface area contributed by atoms with Gasteiger partial charge >= 0.3 is 0 Å². The van der Waals surface area contributed by atoms with Gasteiger partial charge in [-0.25, -0.2) is 0 Å². The summed E-state index contributed by atoms with van der Waals surface area (Å²) in [6.45, 7) is 6.89. The number of halogens is 1. The van der Waals surface area contributed by atoms with Crippen LogP contribution in [-0.4, -0.2) is 49.4 Å². The highest BCUT2D eigenvalue weighted by Crippen LogP contribution is 2.31. The fourth-order valence-corrected chi connectivity index (χ4v) is 3.69. The molecular weight excluding hydrogens is 316 g/mol. The third-order valence-electron chi connectivity index (χ3n) is 4.54. The van der Waals surface area contributed by atoms with Crippen molar-refractivity contribution in [3.63, 3.8) is 0 Å². The number of hydrogen-bond acceptors (Lipinski definition) is 4. The van der Waals surface area contributed by atoms with E-state index in [0.29, 0.717) is 31.3 Å². The summed E-state index contributed by atoms with van der Waals surface area (Å²) in [5.74, 6) is -0.366. The van der Waals surface area contributed by atoms with Crippen LogP contribution in [0.4, 0.5) is 5.69 Å². The van der Waals surface area contributed by atoms with Gasteiger partial charge in [0.2, 0.25) is 5.91 Å². The molecule has 1 aromatic carbocycles. The van der Waals surface area contributed by atoms with Gasteiger partial charge in [-0.05, 0) is 31.0 Å². The number of carbonyl (C=O) groups excluding carboxylic acids is 1. The Kier molecular flexibility index (Phi) is 4.80. The number of hydrogen-bond donors (Lipinski definition) is 1. The van der Waals surface area contributed by atoms with Crippen LogP contribution in [0, 0.1) is 13.8 Å². The fourth-order valence-electron chi connectivity index (χ4n) is 3.30. The van der Waals surface area contributed by atoms with E-state index >= 15 is 0 Å². The number of amides is 1. The van der Waals surface area contributed by atoms with Gasteiger partial charge in [0.05, 0.1) is 30.5 Å². The summed E-state index contributed by atoms with van der Waals surface area (Å²) >= 11 is 6.27. The highest BCUT2D eigenvalue weighted by Gasteiger charge is 2.40. The summed E-state index contributed by atoms with van der Waals surface area (Å²) < 4.78 is 11.4. The largest absolute Gasteiger partial charge is 0.375 e. The molecule has 1 amide bonds. The molecule has 2 heterocycles. The number of aryl methyl sites for hydroxylation is 2. The van der Waals surface area contributed by atoms with Crippen LogP contribution in [0.25, 0.3) is 0 Å². The highest BCUT2D eigenvalue weighted by molar-refractivity contribution is 6.33. The predicted octanol–water partition coefficient (Wildman–Crippen LogP) is 2.73. The molecule has 126 valence electrons. The number of carbonyl (C=O) groups is 1. The molecule has 0 aliphatic carbocycles. The van der Waals surface area contributed by atoms with Gasteiger partial charge in [-0.1, -0.05) is 17.7 Å². The van der Waals surface area contributed by atoms with Gasteiger partial charge in [0, 0.05) is 25.9 Å². The van der Waals surface area contributed by atoms with Crippen LogP contribution in [0.15, 0.2) is 12.1 Å². The number of nitrogens with zero attached hydrogens (tertiary/aromatic N) is 1. The van der Waals surface area contributed by atoms with Crippen LogP contribution < -0.4 is 5.32 Å². The second kappa shape index (κ2) is 6.67.